The van der Waals surface area contributed by atoms with Gasteiger partial charge in [0.05, 0.1) is 17.3 Å². The van der Waals surface area contributed by atoms with Gasteiger partial charge in [-0.15, -0.1) is 11.3 Å². The van der Waals surface area contributed by atoms with E-state index < -0.39 is 0 Å². The van der Waals surface area contributed by atoms with Gasteiger partial charge in [-0.3, -0.25) is 0 Å². The van der Waals surface area contributed by atoms with E-state index in [1.807, 2.05) is 17.1 Å². The smallest absolute Gasteiger partial charge is 0.202 e. The zero-order chi connectivity index (χ0) is 17.8. The second-order valence-electron chi connectivity index (χ2n) is 6.56. The molecule has 0 saturated heterocycles. The minimum atomic E-state index is 0.296. The molecule has 0 aliphatic rings. The molecule has 3 aromatic rings. The number of hydrogen-bond donors (Lipinski definition) is 1. The average molecular weight is 377 g/mol. The lowest BCUT2D eigenvalue weighted by Crippen LogP contribution is -3.08. The summed E-state index contributed by atoms with van der Waals surface area (Å²) in [5, 5.41) is 5.65. The lowest BCUT2D eigenvalue weighted by molar-refractivity contribution is -0.933. The van der Waals surface area contributed by atoms with Crippen LogP contribution in [0.5, 0.6) is 0 Å². The molecule has 1 aromatic carbocycles. The number of rotatable bonds is 8. The molecule has 0 saturated carbocycles. The molecule has 0 radical (unpaired) electrons. The normalized spacial score (nSPS) is 14.0. The summed E-state index contributed by atoms with van der Waals surface area (Å²) in [6.45, 7) is 6.13. The van der Waals surface area contributed by atoms with E-state index in [4.69, 9.17) is 17.2 Å². The molecule has 0 bridgehead atoms. The van der Waals surface area contributed by atoms with Crippen molar-refractivity contribution in [3.63, 3.8) is 0 Å². The highest BCUT2D eigenvalue weighted by Crippen LogP contribution is 2.24. The summed E-state index contributed by atoms with van der Waals surface area (Å²) in [5.41, 5.74) is 1.08. The van der Waals surface area contributed by atoms with Crippen molar-refractivity contribution in [2.45, 2.75) is 52.4 Å². The van der Waals surface area contributed by atoms with Gasteiger partial charge in [-0.1, -0.05) is 31.9 Å². The van der Waals surface area contributed by atoms with Crippen molar-refractivity contribution in [2.75, 3.05) is 7.05 Å². The molecule has 0 spiro atoms. The van der Waals surface area contributed by atoms with Crippen molar-refractivity contribution in [1.29, 1.82) is 0 Å². The highest BCUT2D eigenvalue weighted by molar-refractivity contribution is 7.71. The zero-order valence-corrected chi connectivity index (χ0v) is 16.7. The van der Waals surface area contributed by atoms with Gasteiger partial charge in [-0.05, 0) is 37.7 Å². The van der Waals surface area contributed by atoms with Crippen LogP contribution in [0.4, 0.5) is 0 Å². The Morgan fingerprint density at radius 2 is 2.08 bits per heavy atom. The minimum absolute atomic E-state index is 0.296. The molecule has 0 fully saturated rings. The van der Waals surface area contributed by atoms with Gasteiger partial charge in [0.25, 0.3) is 0 Å². The summed E-state index contributed by atoms with van der Waals surface area (Å²) in [6, 6.07) is 8.61. The van der Waals surface area contributed by atoms with Crippen LogP contribution in [-0.4, -0.2) is 26.4 Å². The van der Waals surface area contributed by atoms with Crippen LogP contribution in [-0.2, 0) is 13.2 Å². The average Bonchev–Trinajstić information content (AvgIpc) is 3.19. The number of aromatic nitrogens is 4. The molecule has 1 unspecified atom stereocenters. The van der Waals surface area contributed by atoms with Crippen molar-refractivity contribution in [1.82, 2.24) is 19.3 Å². The molecule has 2 aromatic heterocycles. The SMILES string of the molecule is CCCCCn1cnn(C[NH+](C)[C@@H](C)c2nc3ccccc3s2)c1=S. The van der Waals surface area contributed by atoms with Gasteiger partial charge >= 0.3 is 0 Å². The number of benzene rings is 1. The predicted molar refractivity (Wildman–Crippen MR) is 105 cm³/mol. The second-order valence-corrected chi connectivity index (χ2v) is 7.99. The van der Waals surface area contributed by atoms with Crippen LogP contribution in [0.15, 0.2) is 30.6 Å². The van der Waals surface area contributed by atoms with E-state index in [1.54, 1.807) is 11.3 Å². The Bertz CT molecular complexity index is 846. The molecule has 5 nitrogen and oxygen atoms in total. The van der Waals surface area contributed by atoms with Gasteiger partial charge in [0.2, 0.25) is 4.77 Å². The molecule has 134 valence electrons. The van der Waals surface area contributed by atoms with Crippen molar-refractivity contribution in [3.05, 3.63) is 40.4 Å². The van der Waals surface area contributed by atoms with E-state index in [0.717, 1.165) is 34.9 Å². The number of fused-ring (bicyclic) bond motifs is 1. The molecule has 2 atom stereocenters. The van der Waals surface area contributed by atoms with Crippen molar-refractivity contribution in [2.24, 2.45) is 0 Å². The molecular formula is C18H26N5S2+. The van der Waals surface area contributed by atoms with Crippen LogP contribution in [0, 0.1) is 4.77 Å². The third-order valence-corrected chi connectivity index (χ3v) is 6.28. The van der Waals surface area contributed by atoms with E-state index >= 15 is 0 Å². The zero-order valence-electron chi connectivity index (χ0n) is 15.1. The monoisotopic (exact) mass is 376 g/mol. The number of quaternary nitrogens is 1. The number of thiazole rings is 1. The van der Waals surface area contributed by atoms with Crippen LogP contribution < -0.4 is 4.90 Å². The van der Waals surface area contributed by atoms with Crippen LogP contribution in [0.1, 0.15) is 44.2 Å². The van der Waals surface area contributed by atoms with Gasteiger partial charge < -0.3 is 9.47 Å². The predicted octanol–water partition coefficient (Wildman–Crippen LogP) is 3.45. The Labute approximate surface area is 157 Å². The fraction of sp³-hybridized carbons (Fsp3) is 0.500. The molecule has 7 heteroatoms. The first-order valence-electron chi connectivity index (χ1n) is 8.90. The van der Waals surface area contributed by atoms with E-state index in [1.165, 1.54) is 22.4 Å². The van der Waals surface area contributed by atoms with Gasteiger partial charge in [-0.2, -0.15) is 9.78 Å². The third-order valence-electron chi connectivity index (χ3n) is 4.62. The summed E-state index contributed by atoms with van der Waals surface area (Å²) in [7, 11) is 2.18. The summed E-state index contributed by atoms with van der Waals surface area (Å²) in [6.07, 6.45) is 5.47. The van der Waals surface area contributed by atoms with Crippen LogP contribution >= 0.6 is 23.6 Å². The van der Waals surface area contributed by atoms with E-state index in [-0.39, 0.29) is 0 Å². The lowest BCUT2D eigenvalue weighted by atomic mass is 10.2. The van der Waals surface area contributed by atoms with Gasteiger partial charge in [-0.25, -0.2) is 4.98 Å². The maximum atomic E-state index is 5.59. The first-order chi connectivity index (χ1) is 12.1. The van der Waals surface area contributed by atoms with E-state index in [2.05, 4.69) is 48.8 Å². The van der Waals surface area contributed by atoms with Crippen LogP contribution in [0.3, 0.4) is 0 Å². The fourth-order valence-corrected chi connectivity index (χ4v) is 4.19. The molecule has 25 heavy (non-hydrogen) atoms. The Morgan fingerprint density at radius 3 is 2.84 bits per heavy atom. The highest BCUT2D eigenvalue weighted by atomic mass is 32.1. The molecule has 2 heterocycles. The van der Waals surface area contributed by atoms with Crippen molar-refractivity contribution in [3.8, 4) is 0 Å². The number of unbranched alkanes of at least 4 members (excludes halogenated alkanes) is 2. The van der Waals surface area contributed by atoms with Crippen LogP contribution in [0.2, 0.25) is 0 Å². The first-order valence-corrected chi connectivity index (χ1v) is 10.1. The molecule has 0 amide bonds. The molecule has 3 rings (SSSR count). The Balaban J connectivity index is 1.69. The first kappa shape index (κ1) is 18.2. The summed E-state index contributed by atoms with van der Waals surface area (Å²) in [4.78, 5) is 6.12. The van der Waals surface area contributed by atoms with Gasteiger partial charge in [0.15, 0.2) is 11.7 Å². The van der Waals surface area contributed by atoms with Crippen LogP contribution in [0.25, 0.3) is 10.2 Å². The minimum Gasteiger partial charge on any atom is -0.311 e. The number of aryl methyl sites for hydroxylation is 1. The molecule has 1 N–H and O–H groups in total. The van der Waals surface area contributed by atoms with E-state index in [0.29, 0.717) is 6.04 Å². The third kappa shape index (κ3) is 4.16. The Kier molecular flexibility index (Phi) is 5.98. The summed E-state index contributed by atoms with van der Waals surface area (Å²) >= 11 is 7.36. The number of para-hydroxylation sites is 1. The highest BCUT2D eigenvalue weighted by Gasteiger charge is 2.20. The molecule has 0 aliphatic carbocycles. The molecule has 0 aliphatic heterocycles. The number of nitrogens with zero attached hydrogens (tertiary/aromatic N) is 4. The van der Waals surface area contributed by atoms with Crippen molar-refractivity contribution < 1.29 is 4.90 Å². The van der Waals surface area contributed by atoms with Crippen molar-refractivity contribution >= 4 is 33.8 Å². The largest absolute Gasteiger partial charge is 0.311 e. The van der Waals surface area contributed by atoms with E-state index in [9.17, 15) is 0 Å². The second kappa shape index (κ2) is 8.21. The standard InChI is InChI=1S/C18H25N5S2/c1-4-5-8-11-22-12-19-23(18(22)24)13-21(3)14(2)17-20-15-9-6-7-10-16(15)25-17/h6-7,9-10,12,14H,4-5,8,11,13H2,1-3H3/p+1/t14-/m0/s1. The number of nitrogens with one attached hydrogen (secondary N) is 1. The Morgan fingerprint density at radius 1 is 1.28 bits per heavy atom. The fourth-order valence-electron chi connectivity index (χ4n) is 2.82. The summed E-state index contributed by atoms with van der Waals surface area (Å²) < 4.78 is 6.07. The maximum Gasteiger partial charge on any atom is 0.202 e. The quantitative estimate of drug-likeness (QED) is 0.483. The lowest BCUT2D eigenvalue weighted by Gasteiger charge is -2.19. The maximum absolute atomic E-state index is 5.59. The van der Waals surface area contributed by atoms with Gasteiger partial charge in [0, 0.05) is 6.54 Å². The van der Waals surface area contributed by atoms with Gasteiger partial charge in [0.1, 0.15) is 12.4 Å². The Hall–Kier alpha value is -1.57. The topological polar surface area (TPSA) is 40.1 Å². The summed E-state index contributed by atoms with van der Waals surface area (Å²) in [5.74, 6) is 0. The number of hydrogen-bond acceptors (Lipinski definition) is 4. The molecular weight excluding hydrogens is 350 g/mol.